The normalized spacial score (nSPS) is 27.1. The molecule has 8 nitrogen and oxygen atoms in total. The lowest BCUT2D eigenvalue weighted by Crippen LogP contribution is -2.63. The number of nitrogens with zero attached hydrogens (tertiary/aromatic N) is 3. The summed E-state index contributed by atoms with van der Waals surface area (Å²) in [7, 11) is 0.618. The van der Waals surface area contributed by atoms with Crippen LogP contribution in [0.25, 0.3) is 10.4 Å². The number of aliphatic hydroxyl groups is 1. The van der Waals surface area contributed by atoms with Crippen LogP contribution in [0.5, 0.6) is 0 Å². The number of thiazole rings is 1. The number of amides is 1. The molecule has 4 rings (SSSR count). The number of rotatable bonds is 4. The number of aliphatic carboxylic acids is 1. The van der Waals surface area contributed by atoms with Crippen molar-refractivity contribution in [2.45, 2.75) is 31.0 Å². The van der Waals surface area contributed by atoms with Crippen molar-refractivity contribution >= 4 is 44.4 Å². The quantitative estimate of drug-likeness (QED) is 0.554. The Morgan fingerprint density at radius 2 is 2.11 bits per heavy atom. The van der Waals surface area contributed by atoms with Gasteiger partial charge in [-0.3, -0.25) is 9.00 Å². The van der Waals surface area contributed by atoms with E-state index < -0.39 is 28.8 Å². The summed E-state index contributed by atoms with van der Waals surface area (Å²) in [5.41, 5.74) is 0.579. The molecule has 27 heavy (non-hydrogen) atoms. The van der Waals surface area contributed by atoms with E-state index in [9.17, 15) is 24.0 Å². The van der Waals surface area contributed by atoms with Gasteiger partial charge in [0.1, 0.15) is 11.9 Å². The topological polar surface area (TPSA) is 104 Å². The second kappa shape index (κ2) is 5.98. The molecule has 144 valence electrons. The van der Waals surface area contributed by atoms with Crippen molar-refractivity contribution in [3.8, 4) is 0 Å². The fraction of sp³-hybridized carbons (Fsp3) is 0.471. The first-order valence-corrected chi connectivity index (χ1v) is 10.8. The lowest BCUT2D eigenvalue weighted by Gasteiger charge is -2.46. The average molecular weight is 410 g/mol. The van der Waals surface area contributed by atoms with Crippen LogP contribution in [0.3, 0.4) is 0 Å². The van der Waals surface area contributed by atoms with E-state index in [1.165, 1.54) is 16.2 Å². The zero-order chi connectivity index (χ0) is 19.8. The summed E-state index contributed by atoms with van der Waals surface area (Å²) in [5, 5.41) is 20.4. The maximum absolute atomic E-state index is 12.5. The van der Waals surface area contributed by atoms with Crippen LogP contribution in [0, 0.1) is 11.8 Å². The zero-order valence-corrected chi connectivity index (χ0v) is 16.9. The maximum atomic E-state index is 12.5. The van der Waals surface area contributed by atoms with E-state index in [2.05, 4.69) is 0 Å². The van der Waals surface area contributed by atoms with Gasteiger partial charge in [0.2, 0.25) is 22.1 Å². The Labute approximate surface area is 161 Å². The third-order valence-corrected chi connectivity index (χ3v) is 7.71. The number of hydrogen-bond acceptors (Lipinski definition) is 5. The van der Waals surface area contributed by atoms with Gasteiger partial charge in [0.25, 0.3) is 0 Å². The van der Waals surface area contributed by atoms with E-state index in [4.69, 9.17) is 0 Å². The van der Waals surface area contributed by atoms with Gasteiger partial charge in [-0.2, -0.15) is 4.40 Å². The van der Waals surface area contributed by atoms with E-state index in [-0.39, 0.29) is 23.6 Å². The Bertz CT molecular complexity index is 1050. The number of aromatic nitrogens is 2. The van der Waals surface area contributed by atoms with Crippen molar-refractivity contribution in [1.29, 1.82) is 0 Å². The Balaban J connectivity index is 1.88. The summed E-state index contributed by atoms with van der Waals surface area (Å²) in [6, 6.07) is -0.351. The van der Waals surface area contributed by atoms with Crippen molar-refractivity contribution in [3.05, 3.63) is 23.1 Å². The number of aryl methyl sites for hydroxylation is 1. The summed E-state index contributed by atoms with van der Waals surface area (Å²) < 4.78 is 15.7. The lowest BCUT2D eigenvalue weighted by atomic mass is 9.77. The van der Waals surface area contributed by atoms with Crippen molar-refractivity contribution in [2.24, 2.45) is 18.9 Å². The van der Waals surface area contributed by atoms with Crippen LogP contribution in [0.4, 0.5) is 0 Å². The smallest absolute Gasteiger partial charge is 0.352 e. The highest BCUT2D eigenvalue weighted by molar-refractivity contribution is 7.84. The van der Waals surface area contributed by atoms with Gasteiger partial charge in [-0.25, -0.2) is 9.36 Å². The molecule has 10 heteroatoms. The number of imidazole rings is 1. The third-order valence-electron chi connectivity index (χ3n) is 5.41. The predicted molar refractivity (Wildman–Crippen MR) is 98.3 cm³/mol. The van der Waals surface area contributed by atoms with Crippen LogP contribution in [0.15, 0.2) is 23.2 Å². The molecule has 0 aliphatic carbocycles. The number of β-lactam (4-membered cyclic amide) rings is 1. The molecule has 1 fully saturated rings. The summed E-state index contributed by atoms with van der Waals surface area (Å²) in [5.74, 6) is -2.31. The second-order valence-corrected chi connectivity index (χ2v) is 9.44. The molecule has 0 bridgehead atoms. The van der Waals surface area contributed by atoms with Crippen LogP contribution in [-0.4, -0.2) is 54.2 Å². The molecule has 0 aromatic carbocycles. The Kier molecular flexibility index (Phi) is 4.06. The van der Waals surface area contributed by atoms with Gasteiger partial charge in [0.15, 0.2) is 0 Å². The minimum Gasteiger partial charge on any atom is -0.477 e. The highest BCUT2D eigenvalue weighted by atomic mass is 32.2. The lowest BCUT2D eigenvalue weighted by molar-refractivity contribution is -0.508. The van der Waals surface area contributed by atoms with Crippen LogP contribution in [-0.2, 0) is 27.4 Å². The minimum absolute atomic E-state index is 0.0116. The van der Waals surface area contributed by atoms with E-state index in [0.29, 0.717) is 10.6 Å². The summed E-state index contributed by atoms with van der Waals surface area (Å²) in [6.45, 7) is 3.45. The van der Waals surface area contributed by atoms with Crippen molar-refractivity contribution in [3.63, 3.8) is 0 Å². The second-order valence-electron chi connectivity index (χ2n) is 7.11. The van der Waals surface area contributed by atoms with Gasteiger partial charge < -0.3 is 15.1 Å². The molecule has 2 N–H and O–H groups in total. The first-order chi connectivity index (χ1) is 12.6. The first kappa shape index (κ1) is 18.3. The molecule has 1 unspecified atom stereocenters. The third kappa shape index (κ3) is 2.36. The van der Waals surface area contributed by atoms with Crippen LogP contribution < -0.4 is 4.40 Å². The van der Waals surface area contributed by atoms with Crippen molar-refractivity contribution in [2.75, 3.05) is 6.26 Å². The van der Waals surface area contributed by atoms with Crippen molar-refractivity contribution < 1.29 is 28.4 Å². The van der Waals surface area contributed by atoms with Gasteiger partial charge in [-0.05, 0) is 6.92 Å². The van der Waals surface area contributed by atoms with Crippen LogP contribution in [0.1, 0.15) is 18.7 Å². The number of fused-ring (bicyclic) bond motifs is 2. The average Bonchev–Trinajstić information content (AvgIpc) is 3.13. The molecule has 1 saturated heterocycles. The fourth-order valence-electron chi connectivity index (χ4n) is 4.34. The highest BCUT2D eigenvalue weighted by Crippen LogP contribution is 2.51. The molecular formula is C17H20N3O5S2+. The first-order valence-electron chi connectivity index (χ1n) is 8.47. The predicted octanol–water partition coefficient (Wildman–Crippen LogP) is 0.216. The minimum atomic E-state index is -1.20. The maximum Gasteiger partial charge on any atom is 0.352 e. The van der Waals surface area contributed by atoms with Crippen molar-refractivity contribution in [1.82, 2.24) is 9.47 Å². The van der Waals surface area contributed by atoms with Crippen LogP contribution in [0.2, 0.25) is 0 Å². The van der Waals surface area contributed by atoms with Gasteiger partial charge in [0.05, 0.1) is 40.8 Å². The monoisotopic (exact) mass is 410 g/mol. The zero-order valence-electron chi connectivity index (χ0n) is 15.2. The van der Waals surface area contributed by atoms with E-state index in [1.807, 2.05) is 24.6 Å². The summed E-state index contributed by atoms with van der Waals surface area (Å²) >= 11 is 1.37. The number of carbonyl (C=O) groups excluding carboxylic acids is 1. The molecular weight excluding hydrogens is 390 g/mol. The fourth-order valence-corrected chi connectivity index (χ4v) is 6.83. The van der Waals surface area contributed by atoms with Gasteiger partial charge in [0, 0.05) is 17.7 Å². The number of carbonyl (C=O) groups is 2. The Morgan fingerprint density at radius 1 is 1.44 bits per heavy atom. The van der Waals surface area contributed by atoms with Crippen LogP contribution >= 0.6 is 11.3 Å². The molecule has 2 aliphatic heterocycles. The van der Waals surface area contributed by atoms with Gasteiger partial charge in [-0.15, -0.1) is 0 Å². The Hall–Kier alpha value is -2.04. The van der Waals surface area contributed by atoms with E-state index >= 15 is 0 Å². The molecule has 5 atom stereocenters. The number of aliphatic hydroxyl groups excluding tert-OH is 1. The highest BCUT2D eigenvalue weighted by Gasteiger charge is 2.60. The summed E-state index contributed by atoms with van der Waals surface area (Å²) in [4.78, 5) is 27.2. The molecule has 4 heterocycles. The number of carboxylic acid groups (broad SMARTS) is 1. The van der Waals surface area contributed by atoms with Gasteiger partial charge >= 0.3 is 5.97 Å². The SMILES string of the molecule is C[C@@H](O)[C@H]1C(=O)N2C(C(=O)O)=C(c3c[n+]4cn(C)c(S(C)=O)c4s3)[C@H](C)[C@H]12. The molecule has 0 saturated carbocycles. The number of hydrogen-bond donors (Lipinski definition) is 2. The molecule has 2 aromatic rings. The largest absolute Gasteiger partial charge is 0.477 e. The molecule has 2 aromatic heterocycles. The standard InChI is InChI=1S/C17H19N3O5S2/c1-7-10(9-5-19-6-18(3)16(27(4)25)15(19)26-9)13(17(23)24)20-12(7)11(8(2)21)14(20)22/h5-8,11-12,21H,1-4H3/p+1/t7-,8+,11+,12+,27?/m0/s1. The van der Waals surface area contributed by atoms with E-state index in [0.717, 1.165) is 9.71 Å². The molecule has 0 spiro atoms. The van der Waals surface area contributed by atoms with E-state index in [1.54, 1.807) is 24.1 Å². The Morgan fingerprint density at radius 3 is 2.67 bits per heavy atom. The molecule has 0 radical (unpaired) electrons. The van der Waals surface area contributed by atoms with Gasteiger partial charge in [-0.1, -0.05) is 18.3 Å². The number of carboxylic acids is 1. The molecule has 1 amide bonds. The molecule has 2 aliphatic rings. The summed E-state index contributed by atoms with van der Waals surface area (Å²) in [6.07, 6.45) is 4.39.